The smallest absolute Gasteiger partial charge is 0.173 e. The van der Waals surface area contributed by atoms with Crippen molar-refractivity contribution in [1.29, 1.82) is 0 Å². The van der Waals surface area contributed by atoms with Gasteiger partial charge in [0.05, 0.1) is 28.5 Å². The Labute approximate surface area is 210 Å². The number of thioether (sulfide) groups is 1. The van der Waals surface area contributed by atoms with Crippen molar-refractivity contribution in [3.8, 4) is 11.4 Å². The molecule has 2 aromatic heterocycles. The molecule has 1 aliphatic rings. The minimum Gasteiger partial charge on any atom is -0.495 e. The number of fused-ring (bicyclic) bond motifs is 1. The molecule has 0 fully saturated rings. The average molecular weight is 519 g/mol. The molecule has 0 amide bonds. The Morgan fingerprint density at radius 3 is 2.70 bits per heavy atom. The molecule has 1 atom stereocenters. The molecule has 8 heteroatoms. The minimum absolute atomic E-state index is 0.136. The van der Waals surface area contributed by atoms with Gasteiger partial charge in [-0.2, -0.15) is 0 Å². The number of rotatable bonds is 6. The van der Waals surface area contributed by atoms with Crippen molar-refractivity contribution >= 4 is 46.3 Å². The fraction of sp³-hybridized carbons (Fsp3) is 0.240. The molecule has 5 rings (SSSR count). The van der Waals surface area contributed by atoms with Crippen molar-refractivity contribution in [1.82, 2.24) is 9.55 Å². The quantitative estimate of drug-likeness (QED) is 0.241. The number of thiophene rings is 1. The van der Waals surface area contributed by atoms with Gasteiger partial charge in [-0.05, 0) is 72.7 Å². The summed E-state index contributed by atoms with van der Waals surface area (Å²) < 4.78 is 21.4. The van der Waals surface area contributed by atoms with Gasteiger partial charge in [-0.15, -0.1) is 11.3 Å². The topological polar surface area (TPSA) is 27.1 Å². The Bertz CT molecular complexity index is 1290. The summed E-state index contributed by atoms with van der Waals surface area (Å²) in [6.07, 6.45) is 2.95. The van der Waals surface area contributed by atoms with Crippen LogP contribution in [0, 0.1) is 5.82 Å². The molecule has 0 saturated carbocycles. The first-order chi connectivity index (χ1) is 16.0. The molecule has 0 bridgehead atoms. The number of hydrogen-bond acceptors (Lipinski definition) is 4. The van der Waals surface area contributed by atoms with Gasteiger partial charge in [-0.1, -0.05) is 41.0 Å². The highest BCUT2D eigenvalue weighted by molar-refractivity contribution is 7.98. The molecule has 1 unspecified atom stereocenters. The monoisotopic (exact) mass is 518 g/mol. The third-order valence-electron chi connectivity index (χ3n) is 5.88. The standard InChI is InChI=1S/C25H21Cl2FN2OS2/c1-31-22-13-15(5-10-19(22)26)18-3-2-4-21-24(18)30(17-8-6-16(28)7-9-17)25(29-21)33-14-23-20(27)11-12-32-23/h5-13,18H,2-4,14H2,1H3. The molecule has 2 aromatic carbocycles. The summed E-state index contributed by atoms with van der Waals surface area (Å²) in [5, 5.41) is 4.26. The molecular weight excluding hydrogens is 498 g/mol. The van der Waals surface area contributed by atoms with Crippen molar-refractivity contribution in [2.45, 2.75) is 36.1 Å². The molecule has 0 radical (unpaired) electrons. The molecular formula is C25H21Cl2FN2OS2. The molecule has 170 valence electrons. The molecule has 0 saturated heterocycles. The number of methoxy groups -OCH3 is 1. The summed E-state index contributed by atoms with van der Waals surface area (Å²) in [4.78, 5) is 6.17. The fourth-order valence-electron chi connectivity index (χ4n) is 4.32. The molecule has 33 heavy (non-hydrogen) atoms. The van der Waals surface area contributed by atoms with E-state index in [0.29, 0.717) is 10.8 Å². The summed E-state index contributed by atoms with van der Waals surface area (Å²) in [6.45, 7) is 0. The van der Waals surface area contributed by atoms with Crippen LogP contribution in [0.4, 0.5) is 4.39 Å². The molecule has 0 spiro atoms. The van der Waals surface area contributed by atoms with Crippen molar-refractivity contribution in [2.24, 2.45) is 0 Å². The first kappa shape index (κ1) is 22.8. The summed E-state index contributed by atoms with van der Waals surface area (Å²) in [7, 11) is 1.63. The zero-order valence-corrected chi connectivity index (χ0v) is 21.0. The fourth-order valence-corrected chi connectivity index (χ4v) is 6.85. The van der Waals surface area contributed by atoms with Crippen LogP contribution in [0.15, 0.2) is 59.1 Å². The Kier molecular flexibility index (Phi) is 6.70. The average Bonchev–Trinajstić information content (AvgIpc) is 3.41. The van der Waals surface area contributed by atoms with E-state index in [2.05, 4.69) is 10.6 Å². The Morgan fingerprint density at radius 2 is 1.97 bits per heavy atom. The van der Waals surface area contributed by atoms with Gasteiger partial charge in [0.2, 0.25) is 0 Å². The van der Waals surface area contributed by atoms with Gasteiger partial charge in [0.1, 0.15) is 11.6 Å². The Morgan fingerprint density at radius 1 is 1.15 bits per heavy atom. The van der Waals surface area contributed by atoms with E-state index in [4.69, 9.17) is 32.9 Å². The molecule has 0 aliphatic heterocycles. The van der Waals surface area contributed by atoms with E-state index < -0.39 is 0 Å². The number of benzene rings is 2. The third kappa shape index (κ3) is 4.54. The lowest BCUT2D eigenvalue weighted by Crippen LogP contribution is -2.15. The minimum atomic E-state index is -0.258. The number of aromatic nitrogens is 2. The van der Waals surface area contributed by atoms with E-state index in [1.807, 2.05) is 35.7 Å². The summed E-state index contributed by atoms with van der Waals surface area (Å²) in [5.74, 6) is 1.27. The van der Waals surface area contributed by atoms with Crippen LogP contribution in [-0.4, -0.2) is 16.7 Å². The van der Waals surface area contributed by atoms with E-state index in [1.165, 1.54) is 12.1 Å². The molecule has 3 nitrogen and oxygen atoms in total. The van der Waals surface area contributed by atoms with Crippen molar-refractivity contribution in [3.05, 3.63) is 91.6 Å². The zero-order valence-electron chi connectivity index (χ0n) is 17.9. The summed E-state index contributed by atoms with van der Waals surface area (Å²) in [6, 6.07) is 14.5. The lowest BCUT2D eigenvalue weighted by molar-refractivity contribution is 0.414. The number of ether oxygens (including phenoxy) is 1. The molecule has 0 N–H and O–H groups in total. The second kappa shape index (κ2) is 9.71. The molecule has 4 aromatic rings. The summed E-state index contributed by atoms with van der Waals surface area (Å²) >= 11 is 15.9. The first-order valence-corrected chi connectivity index (χ1v) is 13.2. The van der Waals surface area contributed by atoms with Crippen molar-refractivity contribution < 1.29 is 9.13 Å². The van der Waals surface area contributed by atoms with Gasteiger partial charge >= 0.3 is 0 Å². The Balaban J connectivity index is 1.62. The number of nitrogens with zero attached hydrogens (tertiary/aromatic N) is 2. The van der Waals surface area contributed by atoms with Gasteiger partial charge < -0.3 is 4.74 Å². The van der Waals surface area contributed by atoms with Gasteiger partial charge in [0, 0.05) is 22.2 Å². The highest BCUT2D eigenvalue weighted by Crippen LogP contribution is 2.43. The Hall–Kier alpha value is -1.99. The molecule has 2 heterocycles. The van der Waals surface area contributed by atoms with Crippen LogP contribution >= 0.6 is 46.3 Å². The number of halogens is 3. The van der Waals surface area contributed by atoms with Crippen LogP contribution < -0.4 is 4.74 Å². The van der Waals surface area contributed by atoms with E-state index in [0.717, 1.165) is 62.7 Å². The summed E-state index contributed by atoms with van der Waals surface area (Å²) in [5.41, 5.74) is 4.28. The van der Waals surface area contributed by atoms with E-state index in [9.17, 15) is 4.39 Å². The molecule has 1 aliphatic carbocycles. The van der Waals surface area contributed by atoms with Crippen LogP contribution in [0.3, 0.4) is 0 Å². The van der Waals surface area contributed by atoms with Gasteiger partial charge in [-0.3, -0.25) is 4.57 Å². The van der Waals surface area contributed by atoms with Crippen LogP contribution in [0.1, 0.15) is 40.6 Å². The largest absolute Gasteiger partial charge is 0.495 e. The number of aryl methyl sites for hydroxylation is 1. The maximum absolute atomic E-state index is 13.7. The second-order valence-corrected chi connectivity index (χ2v) is 10.6. The highest BCUT2D eigenvalue weighted by Gasteiger charge is 2.30. The van der Waals surface area contributed by atoms with Gasteiger partial charge in [0.15, 0.2) is 5.16 Å². The van der Waals surface area contributed by atoms with Crippen molar-refractivity contribution in [3.63, 3.8) is 0 Å². The van der Waals surface area contributed by atoms with Crippen molar-refractivity contribution in [2.75, 3.05) is 7.11 Å². The van der Waals surface area contributed by atoms with Crippen LogP contribution in [0.25, 0.3) is 5.69 Å². The normalized spacial score (nSPS) is 15.5. The maximum Gasteiger partial charge on any atom is 0.173 e. The van der Waals surface area contributed by atoms with E-state index >= 15 is 0 Å². The first-order valence-electron chi connectivity index (χ1n) is 10.6. The second-order valence-electron chi connectivity index (χ2n) is 7.86. The SMILES string of the molecule is COc1cc(C2CCCc3nc(SCc4sccc4Cl)n(-c4ccc(F)cc4)c32)ccc1Cl. The van der Waals surface area contributed by atoms with Crippen LogP contribution in [0.5, 0.6) is 5.75 Å². The van der Waals surface area contributed by atoms with E-state index in [1.54, 1.807) is 30.2 Å². The number of imidazole rings is 1. The van der Waals surface area contributed by atoms with Gasteiger partial charge in [-0.25, -0.2) is 9.37 Å². The highest BCUT2D eigenvalue weighted by atomic mass is 35.5. The number of hydrogen-bond donors (Lipinski definition) is 0. The van der Waals surface area contributed by atoms with Crippen LogP contribution in [0.2, 0.25) is 10.0 Å². The lowest BCUT2D eigenvalue weighted by atomic mass is 9.84. The lowest BCUT2D eigenvalue weighted by Gasteiger charge is -2.25. The van der Waals surface area contributed by atoms with E-state index in [-0.39, 0.29) is 11.7 Å². The predicted octanol–water partition coefficient (Wildman–Crippen LogP) is 8.15. The maximum atomic E-state index is 13.7. The predicted molar refractivity (Wildman–Crippen MR) is 135 cm³/mol. The third-order valence-corrected chi connectivity index (χ3v) is 8.73. The van der Waals surface area contributed by atoms with Crippen LogP contribution in [-0.2, 0) is 12.2 Å². The van der Waals surface area contributed by atoms with Gasteiger partial charge in [0.25, 0.3) is 0 Å². The zero-order chi connectivity index (χ0) is 22.9.